The maximum Gasteiger partial charge on any atom is 0.0593 e. The number of halogens is 1. The van der Waals surface area contributed by atoms with Crippen LogP contribution in [0, 0.1) is 0 Å². The van der Waals surface area contributed by atoms with Crippen molar-refractivity contribution in [2.45, 2.75) is 25.1 Å². The quantitative estimate of drug-likeness (QED) is 0.611. The van der Waals surface area contributed by atoms with Gasteiger partial charge in [-0.3, -0.25) is 0 Å². The molecule has 0 amide bonds. The van der Waals surface area contributed by atoms with Gasteiger partial charge in [0.25, 0.3) is 0 Å². The normalized spacial score (nSPS) is 13.4. The number of hydrogen-bond acceptors (Lipinski definition) is 1. The summed E-state index contributed by atoms with van der Waals surface area (Å²) in [5, 5.41) is 4.42. The molecule has 0 N–H and O–H groups in total. The zero-order valence-electron chi connectivity index (χ0n) is 6.01. The second kappa shape index (κ2) is 3.99. The van der Waals surface area contributed by atoms with Gasteiger partial charge < -0.3 is 0 Å². The highest BCUT2D eigenvalue weighted by molar-refractivity contribution is 7.08. The van der Waals surface area contributed by atoms with E-state index in [4.69, 9.17) is 11.6 Å². The minimum absolute atomic E-state index is 0.233. The Morgan fingerprint density at radius 3 is 3.00 bits per heavy atom. The summed E-state index contributed by atoms with van der Waals surface area (Å²) < 4.78 is 0. The first-order chi connectivity index (χ1) is 4.84. The molecular formula is C8H11ClS. The van der Waals surface area contributed by atoms with Gasteiger partial charge in [0, 0.05) is 0 Å². The summed E-state index contributed by atoms with van der Waals surface area (Å²) in [7, 11) is 0. The molecule has 0 saturated heterocycles. The number of hydrogen-bond donors (Lipinski definition) is 0. The van der Waals surface area contributed by atoms with Crippen molar-refractivity contribution >= 4 is 22.9 Å². The van der Waals surface area contributed by atoms with Gasteiger partial charge in [0.2, 0.25) is 0 Å². The van der Waals surface area contributed by atoms with Gasteiger partial charge in [-0.15, -0.1) is 11.6 Å². The average Bonchev–Trinajstić information content (AvgIpc) is 2.38. The molecule has 1 unspecified atom stereocenters. The molecular weight excluding hydrogens is 164 g/mol. The van der Waals surface area contributed by atoms with Crippen LogP contribution in [0.4, 0.5) is 0 Å². The Morgan fingerprint density at radius 2 is 2.50 bits per heavy atom. The molecule has 0 bridgehead atoms. The first-order valence-electron chi connectivity index (χ1n) is 3.50. The van der Waals surface area contributed by atoms with E-state index < -0.39 is 0 Å². The first-order valence-corrected chi connectivity index (χ1v) is 4.88. The summed E-state index contributed by atoms with van der Waals surface area (Å²) in [6, 6.07) is 2.10. The third-order valence-electron chi connectivity index (χ3n) is 1.45. The summed E-state index contributed by atoms with van der Waals surface area (Å²) in [4.78, 5) is 0. The molecule has 0 aromatic carbocycles. The Morgan fingerprint density at radius 1 is 1.70 bits per heavy atom. The van der Waals surface area contributed by atoms with Crippen LogP contribution in [-0.4, -0.2) is 0 Å². The highest BCUT2D eigenvalue weighted by Crippen LogP contribution is 2.26. The molecule has 10 heavy (non-hydrogen) atoms. The molecule has 0 aliphatic rings. The molecule has 1 atom stereocenters. The topological polar surface area (TPSA) is 0 Å². The monoisotopic (exact) mass is 174 g/mol. The number of thiophene rings is 1. The molecule has 0 aliphatic carbocycles. The van der Waals surface area contributed by atoms with E-state index in [1.807, 2.05) is 0 Å². The van der Waals surface area contributed by atoms with E-state index in [0.29, 0.717) is 0 Å². The van der Waals surface area contributed by atoms with Crippen LogP contribution in [0.3, 0.4) is 0 Å². The van der Waals surface area contributed by atoms with Crippen molar-refractivity contribution in [2.24, 2.45) is 0 Å². The van der Waals surface area contributed by atoms with E-state index >= 15 is 0 Å². The molecule has 0 nitrogen and oxygen atoms in total. The van der Waals surface area contributed by atoms with Gasteiger partial charge in [0.05, 0.1) is 5.38 Å². The lowest BCUT2D eigenvalue weighted by molar-refractivity contribution is 0.772. The van der Waals surface area contributed by atoms with E-state index in [-0.39, 0.29) is 5.38 Å². The maximum absolute atomic E-state index is 6.05. The van der Waals surface area contributed by atoms with Crippen molar-refractivity contribution in [1.82, 2.24) is 0 Å². The van der Waals surface area contributed by atoms with Gasteiger partial charge in [-0.25, -0.2) is 0 Å². The Labute approximate surface area is 70.8 Å². The van der Waals surface area contributed by atoms with Crippen molar-refractivity contribution in [3.63, 3.8) is 0 Å². The predicted molar refractivity (Wildman–Crippen MR) is 47.8 cm³/mol. The Hall–Kier alpha value is -0.0100. The minimum Gasteiger partial charge on any atom is -0.152 e. The van der Waals surface area contributed by atoms with Crippen molar-refractivity contribution in [2.75, 3.05) is 0 Å². The van der Waals surface area contributed by atoms with Crippen molar-refractivity contribution in [3.8, 4) is 0 Å². The first kappa shape index (κ1) is 8.09. The van der Waals surface area contributed by atoms with Gasteiger partial charge in [0.15, 0.2) is 0 Å². The summed E-state index contributed by atoms with van der Waals surface area (Å²) >= 11 is 7.76. The molecule has 1 aromatic rings. The van der Waals surface area contributed by atoms with Crippen LogP contribution in [0.25, 0.3) is 0 Å². The van der Waals surface area contributed by atoms with E-state index in [0.717, 1.165) is 12.8 Å². The van der Waals surface area contributed by atoms with Gasteiger partial charge >= 0.3 is 0 Å². The standard InChI is InChI=1S/C8H11ClS/c1-2-3-8(9)7-4-5-10-6-7/h4-6,8H,2-3H2,1H3. The molecule has 0 aliphatic heterocycles. The van der Waals surface area contributed by atoms with Crippen molar-refractivity contribution in [3.05, 3.63) is 22.4 Å². The largest absolute Gasteiger partial charge is 0.152 e. The van der Waals surface area contributed by atoms with Crippen molar-refractivity contribution in [1.29, 1.82) is 0 Å². The van der Waals surface area contributed by atoms with Crippen LogP contribution < -0.4 is 0 Å². The Balaban J connectivity index is 2.50. The molecule has 0 spiro atoms. The third-order valence-corrected chi connectivity index (χ3v) is 2.62. The molecule has 1 rings (SSSR count). The van der Waals surface area contributed by atoms with Gasteiger partial charge in [-0.05, 0) is 28.8 Å². The zero-order valence-corrected chi connectivity index (χ0v) is 7.58. The van der Waals surface area contributed by atoms with Crippen LogP contribution >= 0.6 is 22.9 Å². The Bertz CT molecular complexity index is 169. The molecule has 1 aromatic heterocycles. The molecule has 56 valence electrons. The van der Waals surface area contributed by atoms with E-state index in [9.17, 15) is 0 Å². The lowest BCUT2D eigenvalue weighted by atomic mass is 10.1. The van der Waals surface area contributed by atoms with Gasteiger partial charge in [0.1, 0.15) is 0 Å². The Kier molecular flexibility index (Phi) is 3.23. The fourth-order valence-corrected chi connectivity index (χ4v) is 2.02. The fraction of sp³-hybridized carbons (Fsp3) is 0.500. The van der Waals surface area contributed by atoms with E-state index in [1.165, 1.54) is 5.56 Å². The van der Waals surface area contributed by atoms with E-state index in [1.54, 1.807) is 11.3 Å². The number of alkyl halides is 1. The molecule has 0 radical (unpaired) electrons. The van der Waals surface area contributed by atoms with Gasteiger partial charge in [-0.1, -0.05) is 13.3 Å². The molecule has 1 heterocycles. The highest BCUT2D eigenvalue weighted by atomic mass is 35.5. The zero-order chi connectivity index (χ0) is 7.40. The van der Waals surface area contributed by atoms with Crippen LogP contribution in [0.15, 0.2) is 16.8 Å². The number of rotatable bonds is 3. The summed E-state index contributed by atoms with van der Waals surface area (Å²) in [6.07, 6.45) is 2.24. The SMILES string of the molecule is CCCC(Cl)c1ccsc1. The predicted octanol–water partition coefficient (Wildman–Crippen LogP) is 3.83. The molecule has 2 heteroatoms. The lowest BCUT2D eigenvalue weighted by Crippen LogP contribution is -1.84. The average molecular weight is 175 g/mol. The third kappa shape index (κ3) is 1.99. The van der Waals surface area contributed by atoms with Gasteiger partial charge in [-0.2, -0.15) is 11.3 Å². The smallest absolute Gasteiger partial charge is 0.0593 e. The summed E-state index contributed by atoms with van der Waals surface area (Å²) in [5.74, 6) is 0. The lowest BCUT2D eigenvalue weighted by Gasteiger charge is -2.03. The second-order valence-corrected chi connectivity index (χ2v) is 3.62. The fourth-order valence-electron chi connectivity index (χ4n) is 0.873. The van der Waals surface area contributed by atoms with Crippen molar-refractivity contribution < 1.29 is 0 Å². The highest BCUT2D eigenvalue weighted by Gasteiger charge is 2.05. The second-order valence-electron chi connectivity index (χ2n) is 2.31. The van der Waals surface area contributed by atoms with E-state index in [2.05, 4.69) is 23.8 Å². The molecule has 0 fully saturated rings. The maximum atomic E-state index is 6.05. The molecule has 0 saturated carbocycles. The van der Waals surface area contributed by atoms with Crippen LogP contribution in [0.1, 0.15) is 30.7 Å². The summed E-state index contributed by atoms with van der Waals surface area (Å²) in [6.45, 7) is 2.15. The minimum atomic E-state index is 0.233. The van der Waals surface area contributed by atoms with Crippen LogP contribution in [-0.2, 0) is 0 Å². The van der Waals surface area contributed by atoms with Crippen LogP contribution in [0.5, 0.6) is 0 Å². The summed E-state index contributed by atoms with van der Waals surface area (Å²) in [5.41, 5.74) is 1.27. The van der Waals surface area contributed by atoms with Crippen LogP contribution in [0.2, 0.25) is 0 Å².